The smallest absolute Gasteiger partial charge is 0.234 e. The predicted octanol–water partition coefficient (Wildman–Crippen LogP) is 0.639. The third-order valence-electron chi connectivity index (χ3n) is 6.22. The van der Waals surface area contributed by atoms with Crippen molar-refractivity contribution in [3.05, 3.63) is 11.6 Å². The molecule has 1 saturated carbocycles. The average molecular weight is 304 g/mol. The zero-order valence-electron chi connectivity index (χ0n) is 13.2. The van der Waals surface area contributed by atoms with Crippen LogP contribution in [0.2, 0.25) is 0 Å². The third-order valence-corrected chi connectivity index (χ3v) is 6.22. The fourth-order valence-corrected chi connectivity index (χ4v) is 5.11. The highest BCUT2D eigenvalue weighted by Gasteiger charge is 2.63. The van der Waals surface area contributed by atoms with Crippen molar-refractivity contribution in [3.63, 3.8) is 0 Å². The molecule has 5 heteroatoms. The predicted molar refractivity (Wildman–Crippen MR) is 80.7 cm³/mol. The largest absolute Gasteiger partial charge is 0.396 e. The minimum absolute atomic E-state index is 0.0106. The number of piperidine rings is 1. The van der Waals surface area contributed by atoms with Crippen LogP contribution in [0, 0.1) is 23.7 Å². The number of rotatable bonds is 4. The SMILES string of the molecule is CN1C(=O)C2C(C1=O)C1C=C(CCCO)C2C(C2CC2)N1C. The number of fused-ring (bicyclic) bond motifs is 1. The molecule has 5 rings (SSSR count). The molecule has 3 fully saturated rings. The number of hydrogen-bond donors (Lipinski definition) is 1. The van der Waals surface area contributed by atoms with Gasteiger partial charge < -0.3 is 5.11 Å². The van der Waals surface area contributed by atoms with Crippen LogP contribution in [0.15, 0.2) is 11.6 Å². The molecule has 120 valence electrons. The highest BCUT2D eigenvalue weighted by molar-refractivity contribution is 6.06. The van der Waals surface area contributed by atoms with Gasteiger partial charge in [-0.3, -0.25) is 19.4 Å². The summed E-state index contributed by atoms with van der Waals surface area (Å²) in [7, 11) is 3.74. The minimum Gasteiger partial charge on any atom is -0.396 e. The van der Waals surface area contributed by atoms with E-state index in [9.17, 15) is 9.59 Å². The monoisotopic (exact) mass is 304 g/mol. The van der Waals surface area contributed by atoms with E-state index in [1.54, 1.807) is 7.05 Å². The van der Waals surface area contributed by atoms with Gasteiger partial charge in [0.25, 0.3) is 0 Å². The Balaban J connectivity index is 1.75. The van der Waals surface area contributed by atoms with Crippen molar-refractivity contribution in [1.29, 1.82) is 0 Å². The Kier molecular flexibility index (Phi) is 3.20. The fourth-order valence-electron chi connectivity index (χ4n) is 5.11. The van der Waals surface area contributed by atoms with Gasteiger partial charge in [0.1, 0.15) is 0 Å². The second-order valence-corrected chi connectivity index (χ2v) is 7.37. The van der Waals surface area contributed by atoms with Gasteiger partial charge in [0.15, 0.2) is 0 Å². The number of carbonyl (C=O) groups is 2. The number of likely N-dealkylation sites (tertiary alicyclic amines) is 1. The summed E-state index contributed by atoms with van der Waals surface area (Å²) in [5, 5.41) is 9.16. The van der Waals surface area contributed by atoms with Crippen LogP contribution in [0.5, 0.6) is 0 Å². The number of likely N-dealkylation sites (N-methyl/N-ethyl adjacent to an activating group) is 1. The van der Waals surface area contributed by atoms with Gasteiger partial charge in [-0.05, 0) is 38.6 Å². The maximum Gasteiger partial charge on any atom is 0.234 e. The van der Waals surface area contributed by atoms with Gasteiger partial charge in [-0.2, -0.15) is 0 Å². The summed E-state index contributed by atoms with van der Waals surface area (Å²) in [5.41, 5.74) is 1.31. The number of hydrogen-bond acceptors (Lipinski definition) is 4. The first kappa shape index (κ1) is 14.4. The van der Waals surface area contributed by atoms with E-state index in [1.807, 2.05) is 0 Å². The fraction of sp³-hybridized carbons (Fsp3) is 0.765. The molecule has 22 heavy (non-hydrogen) atoms. The van der Waals surface area contributed by atoms with Crippen molar-refractivity contribution < 1.29 is 14.7 Å². The second kappa shape index (κ2) is 4.90. The number of amides is 2. The van der Waals surface area contributed by atoms with Crippen LogP contribution in [-0.4, -0.2) is 59.5 Å². The van der Waals surface area contributed by atoms with Crippen molar-refractivity contribution in [2.24, 2.45) is 23.7 Å². The Morgan fingerprint density at radius 2 is 1.82 bits per heavy atom. The molecule has 0 aromatic carbocycles. The number of carbonyl (C=O) groups excluding carboxylic acids is 2. The molecule has 3 aliphatic heterocycles. The van der Waals surface area contributed by atoms with Gasteiger partial charge in [-0.15, -0.1) is 0 Å². The number of nitrogens with zero attached hydrogens (tertiary/aromatic N) is 2. The van der Waals surface area contributed by atoms with Crippen LogP contribution in [0.3, 0.4) is 0 Å². The van der Waals surface area contributed by atoms with Crippen molar-refractivity contribution in [1.82, 2.24) is 9.80 Å². The molecule has 0 spiro atoms. The first-order valence-corrected chi connectivity index (χ1v) is 8.41. The molecule has 3 heterocycles. The summed E-state index contributed by atoms with van der Waals surface area (Å²) in [6.45, 7) is 0.180. The molecule has 0 radical (unpaired) electrons. The summed E-state index contributed by atoms with van der Waals surface area (Å²) in [5.74, 6) is 0.482. The van der Waals surface area contributed by atoms with Gasteiger partial charge in [-0.25, -0.2) is 0 Å². The van der Waals surface area contributed by atoms with Crippen LogP contribution < -0.4 is 0 Å². The van der Waals surface area contributed by atoms with E-state index in [-0.39, 0.29) is 42.2 Å². The van der Waals surface area contributed by atoms with Gasteiger partial charge in [-0.1, -0.05) is 11.6 Å². The number of aliphatic hydroxyl groups excluding tert-OH is 1. The first-order chi connectivity index (χ1) is 10.6. The summed E-state index contributed by atoms with van der Waals surface area (Å²) in [6.07, 6.45) is 6.29. The zero-order valence-corrected chi connectivity index (χ0v) is 13.2. The molecule has 0 aromatic heterocycles. The zero-order chi connectivity index (χ0) is 15.6. The van der Waals surface area contributed by atoms with E-state index in [4.69, 9.17) is 5.11 Å². The summed E-state index contributed by atoms with van der Waals surface area (Å²) < 4.78 is 0. The van der Waals surface area contributed by atoms with Gasteiger partial charge >= 0.3 is 0 Å². The summed E-state index contributed by atoms with van der Waals surface area (Å²) in [4.78, 5) is 28.9. The lowest BCUT2D eigenvalue weighted by molar-refractivity contribution is -0.138. The van der Waals surface area contributed by atoms with Crippen molar-refractivity contribution >= 4 is 11.8 Å². The maximum absolute atomic E-state index is 12.7. The minimum atomic E-state index is -0.194. The molecule has 5 atom stereocenters. The van der Waals surface area contributed by atoms with Gasteiger partial charge in [0.05, 0.1) is 11.8 Å². The van der Waals surface area contributed by atoms with E-state index in [1.165, 1.54) is 23.3 Å². The van der Waals surface area contributed by atoms with E-state index < -0.39 is 0 Å². The lowest BCUT2D eigenvalue weighted by atomic mass is 9.61. The molecule has 5 unspecified atom stereocenters. The standard InChI is InChI=1S/C17H24N2O3/c1-18-11-8-10(4-3-7-20)12(15(18)9-5-6-9)14-13(11)16(21)19(2)17(14)22/h8-9,11-15,20H,3-7H2,1-2H3. The Bertz CT molecular complexity index is 554. The lowest BCUT2D eigenvalue weighted by Crippen LogP contribution is -2.62. The Hall–Kier alpha value is -1.20. The van der Waals surface area contributed by atoms with Crippen molar-refractivity contribution in [2.75, 3.05) is 20.7 Å². The molecular formula is C17H24N2O3. The highest BCUT2D eigenvalue weighted by atomic mass is 16.3. The van der Waals surface area contributed by atoms with Crippen LogP contribution in [0.1, 0.15) is 25.7 Å². The van der Waals surface area contributed by atoms with Gasteiger partial charge in [0.2, 0.25) is 11.8 Å². The van der Waals surface area contributed by atoms with Crippen LogP contribution in [0.25, 0.3) is 0 Å². The van der Waals surface area contributed by atoms with Crippen LogP contribution >= 0.6 is 0 Å². The third kappa shape index (κ3) is 1.78. The van der Waals surface area contributed by atoms with Gasteiger partial charge in [0, 0.05) is 31.7 Å². The van der Waals surface area contributed by atoms with Crippen LogP contribution in [0.4, 0.5) is 0 Å². The Morgan fingerprint density at radius 3 is 2.45 bits per heavy atom. The number of aliphatic hydroxyl groups is 1. The Morgan fingerprint density at radius 1 is 1.14 bits per heavy atom. The molecule has 2 aliphatic carbocycles. The lowest BCUT2D eigenvalue weighted by Gasteiger charge is -2.54. The second-order valence-electron chi connectivity index (χ2n) is 7.37. The molecule has 2 bridgehead atoms. The van der Waals surface area contributed by atoms with Crippen molar-refractivity contribution in [3.8, 4) is 0 Å². The molecule has 5 aliphatic rings. The topological polar surface area (TPSA) is 60.9 Å². The quantitative estimate of drug-likeness (QED) is 0.611. The molecule has 2 amide bonds. The van der Waals surface area contributed by atoms with E-state index in [0.29, 0.717) is 12.0 Å². The Labute approximate surface area is 131 Å². The molecular weight excluding hydrogens is 280 g/mol. The molecule has 2 saturated heterocycles. The average Bonchev–Trinajstić information content (AvgIpc) is 3.32. The maximum atomic E-state index is 12.7. The van der Waals surface area contributed by atoms with Crippen LogP contribution in [-0.2, 0) is 9.59 Å². The molecule has 1 N–H and O–H groups in total. The molecule has 5 nitrogen and oxygen atoms in total. The van der Waals surface area contributed by atoms with E-state index in [0.717, 1.165) is 12.8 Å². The summed E-state index contributed by atoms with van der Waals surface area (Å²) in [6, 6.07) is 0.448. The highest BCUT2D eigenvalue weighted by Crippen LogP contribution is 2.55. The van der Waals surface area contributed by atoms with Crippen molar-refractivity contribution in [2.45, 2.75) is 37.8 Å². The molecule has 0 aromatic rings. The summed E-state index contributed by atoms with van der Waals surface area (Å²) >= 11 is 0. The van der Waals surface area contributed by atoms with E-state index in [2.05, 4.69) is 18.0 Å². The normalized spacial score (nSPS) is 41.1. The number of imide groups is 1. The van der Waals surface area contributed by atoms with E-state index >= 15 is 0 Å². The first-order valence-electron chi connectivity index (χ1n) is 8.41.